The third-order valence-corrected chi connectivity index (χ3v) is 2.30. The summed E-state index contributed by atoms with van der Waals surface area (Å²) in [5, 5.41) is 3.90. The lowest BCUT2D eigenvalue weighted by molar-refractivity contribution is 0.0833. The Bertz CT molecular complexity index is 479. The van der Waals surface area contributed by atoms with Crippen LogP contribution in [-0.2, 0) is 4.74 Å². The van der Waals surface area contributed by atoms with E-state index in [1.165, 1.54) is 6.08 Å². The van der Waals surface area contributed by atoms with E-state index in [4.69, 9.17) is 9.26 Å². The van der Waals surface area contributed by atoms with E-state index < -0.39 is 0 Å². The molecule has 17 heavy (non-hydrogen) atoms. The lowest BCUT2D eigenvalue weighted by atomic mass is 10.1. The van der Waals surface area contributed by atoms with Gasteiger partial charge in [0.1, 0.15) is 6.10 Å². The number of hydrogen-bond acceptors (Lipinski definition) is 4. The van der Waals surface area contributed by atoms with Gasteiger partial charge in [-0.1, -0.05) is 42.1 Å². The van der Waals surface area contributed by atoms with Gasteiger partial charge in [-0.05, 0) is 18.6 Å². The maximum absolute atomic E-state index is 5.65. The van der Waals surface area contributed by atoms with Gasteiger partial charge in [-0.15, -0.1) is 0 Å². The van der Waals surface area contributed by atoms with Crippen LogP contribution in [0.4, 0.5) is 0 Å². The molecule has 0 aliphatic rings. The molecule has 0 bridgehead atoms. The SMILES string of the molecule is C=Cc1nc(C(OCC)c2ccccc2)no1. The van der Waals surface area contributed by atoms with Crippen LogP contribution in [0.2, 0.25) is 0 Å². The van der Waals surface area contributed by atoms with E-state index in [0.717, 1.165) is 5.56 Å². The maximum atomic E-state index is 5.65. The summed E-state index contributed by atoms with van der Waals surface area (Å²) in [5.41, 5.74) is 1.01. The molecule has 2 rings (SSSR count). The van der Waals surface area contributed by atoms with Crippen molar-refractivity contribution in [1.82, 2.24) is 10.1 Å². The van der Waals surface area contributed by atoms with Crippen molar-refractivity contribution in [2.24, 2.45) is 0 Å². The average Bonchev–Trinajstić information content (AvgIpc) is 2.85. The molecule has 2 aromatic rings. The molecule has 0 aliphatic carbocycles. The molecule has 0 saturated heterocycles. The molecule has 0 fully saturated rings. The first-order valence-corrected chi connectivity index (χ1v) is 5.47. The summed E-state index contributed by atoms with van der Waals surface area (Å²) in [5.74, 6) is 0.925. The molecule has 0 N–H and O–H groups in total. The van der Waals surface area contributed by atoms with Crippen molar-refractivity contribution in [3.8, 4) is 0 Å². The van der Waals surface area contributed by atoms with Crippen molar-refractivity contribution in [3.63, 3.8) is 0 Å². The summed E-state index contributed by atoms with van der Waals surface area (Å²) < 4.78 is 10.7. The third-order valence-electron chi connectivity index (χ3n) is 2.30. The minimum Gasteiger partial charge on any atom is -0.366 e. The topological polar surface area (TPSA) is 48.2 Å². The molecule has 0 aliphatic heterocycles. The highest BCUT2D eigenvalue weighted by Gasteiger charge is 2.19. The normalized spacial score (nSPS) is 12.3. The van der Waals surface area contributed by atoms with Crippen LogP contribution in [-0.4, -0.2) is 16.7 Å². The van der Waals surface area contributed by atoms with Crippen LogP contribution in [0.25, 0.3) is 6.08 Å². The van der Waals surface area contributed by atoms with E-state index in [2.05, 4.69) is 16.7 Å². The zero-order valence-corrected chi connectivity index (χ0v) is 9.67. The minimum absolute atomic E-state index is 0.293. The second kappa shape index (κ2) is 5.41. The van der Waals surface area contributed by atoms with Crippen molar-refractivity contribution in [2.45, 2.75) is 13.0 Å². The number of ether oxygens (including phenoxy) is 1. The Morgan fingerprint density at radius 2 is 2.18 bits per heavy atom. The summed E-state index contributed by atoms with van der Waals surface area (Å²) >= 11 is 0. The number of nitrogens with zero attached hydrogens (tertiary/aromatic N) is 2. The molecular formula is C13H14N2O2. The first-order chi connectivity index (χ1) is 8.35. The highest BCUT2D eigenvalue weighted by molar-refractivity contribution is 5.33. The first kappa shape index (κ1) is 11.5. The summed E-state index contributed by atoms with van der Waals surface area (Å²) in [7, 11) is 0. The molecule has 0 saturated carbocycles. The highest BCUT2D eigenvalue weighted by atomic mass is 16.5. The predicted molar refractivity (Wildman–Crippen MR) is 64.3 cm³/mol. The molecule has 1 atom stereocenters. The highest BCUT2D eigenvalue weighted by Crippen LogP contribution is 2.23. The molecule has 88 valence electrons. The van der Waals surface area contributed by atoms with Crippen molar-refractivity contribution in [2.75, 3.05) is 6.61 Å². The van der Waals surface area contributed by atoms with Crippen molar-refractivity contribution in [3.05, 3.63) is 54.2 Å². The van der Waals surface area contributed by atoms with Crippen molar-refractivity contribution >= 4 is 6.08 Å². The molecule has 0 amide bonds. The second-order valence-corrected chi connectivity index (χ2v) is 3.44. The minimum atomic E-state index is -0.293. The largest absolute Gasteiger partial charge is 0.366 e. The standard InChI is InChI=1S/C13H14N2O2/c1-3-11-14-13(15-17-11)12(16-4-2)10-8-6-5-7-9-10/h3,5-9,12H,1,4H2,2H3. The summed E-state index contributed by atoms with van der Waals surface area (Å²) in [6.45, 7) is 6.10. The quantitative estimate of drug-likeness (QED) is 0.792. The Kier molecular flexibility index (Phi) is 3.67. The summed E-state index contributed by atoms with van der Waals surface area (Å²) in [4.78, 5) is 4.20. The second-order valence-electron chi connectivity index (χ2n) is 3.44. The molecular weight excluding hydrogens is 216 g/mol. The molecule has 0 radical (unpaired) electrons. The van der Waals surface area contributed by atoms with Gasteiger partial charge in [0.2, 0.25) is 11.7 Å². The van der Waals surface area contributed by atoms with Gasteiger partial charge in [-0.2, -0.15) is 4.98 Å². The van der Waals surface area contributed by atoms with Crippen LogP contribution in [0.3, 0.4) is 0 Å². The zero-order chi connectivity index (χ0) is 12.1. The number of benzene rings is 1. The fraction of sp³-hybridized carbons (Fsp3) is 0.231. The fourth-order valence-corrected chi connectivity index (χ4v) is 1.55. The zero-order valence-electron chi connectivity index (χ0n) is 9.67. The predicted octanol–water partition coefficient (Wildman–Crippen LogP) is 2.84. The first-order valence-electron chi connectivity index (χ1n) is 5.47. The average molecular weight is 230 g/mol. The fourth-order valence-electron chi connectivity index (χ4n) is 1.55. The van der Waals surface area contributed by atoms with Gasteiger partial charge in [0.25, 0.3) is 0 Å². The van der Waals surface area contributed by atoms with Gasteiger partial charge in [-0.25, -0.2) is 0 Å². The lowest BCUT2D eigenvalue weighted by Gasteiger charge is -2.13. The third kappa shape index (κ3) is 2.60. The Labute approximate surface area is 99.9 Å². The molecule has 0 spiro atoms. The van der Waals surface area contributed by atoms with Crippen molar-refractivity contribution < 1.29 is 9.26 Å². The van der Waals surface area contributed by atoms with Crippen molar-refractivity contribution in [1.29, 1.82) is 0 Å². The van der Waals surface area contributed by atoms with Gasteiger partial charge >= 0.3 is 0 Å². The van der Waals surface area contributed by atoms with E-state index in [1.807, 2.05) is 37.3 Å². The van der Waals surface area contributed by atoms with Crippen LogP contribution < -0.4 is 0 Å². The van der Waals surface area contributed by atoms with Gasteiger partial charge in [0.15, 0.2) is 0 Å². The lowest BCUT2D eigenvalue weighted by Crippen LogP contribution is -2.07. The smallest absolute Gasteiger partial charge is 0.250 e. The Balaban J connectivity index is 2.31. The van der Waals surface area contributed by atoms with Crippen LogP contribution in [0.1, 0.15) is 30.3 Å². The van der Waals surface area contributed by atoms with E-state index in [-0.39, 0.29) is 6.10 Å². The Morgan fingerprint density at radius 3 is 2.76 bits per heavy atom. The Morgan fingerprint density at radius 1 is 1.41 bits per heavy atom. The molecule has 1 unspecified atom stereocenters. The number of hydrogen-bond donors (Lipinski definition) is 0. The van der Waals surface area contributed by atoms with E-state index in [0.29, 0.717) is 18.3 Å². The molecule has 1 aromatic carbocycles. The summed E-state index contributed by atoms with van der Waals surface area (Å²) in [6.07, 6.45) is 1.23. The van der Waals surface area contributed by atoms with Gasteiger partial charge in [0.05, 0.1) is 0 Å². The van der Waals surface area contributed by atoms with Crippen LogP contribution in [0.5, 0.6) is 0 Å². The molecule has 1 aromatic heterocycles. The number of aromatic nitrogens is 2. The molecule has 4 heteroatoms. The maximum Gasteiger partial charge on any atom is 0.250 e. The van der Waals surface area contributed by atoms with E-state index in [9.17, 15) is 0 Å². The number of rotatable bonds is 5. The van der Waals surface area contributed by atoms with E-state index in [1.54, 1.807) is 0 Å². The van der Waals surface area contributed by atoms with Crippen LogP contribution in [0, 0.1) is 0 Å². The van der Waals surface area contributed by atoms with Crippen LogP contribution in [0.15, 0.2) is 41.4 Å². The van der Waals surface area contributed by atoms with E-state index >= 15 is 0 Å². The van der Waals surface area contributed by atoms with Crippen LogP contribution >= 0.6 is 0 Å². The Hall–Kier alpha value is -1.94. The molecule has 1 heterocycles. The molecule has 4 nitrogen and oxygen atoms in total. The summed E-state index contributed by atoms with van der Waals surface area (Å²) in [6, 6.07) is 9.82. The monoisotopic (exact) mass is 230 g/mol. The van der Waals surface area contributed by atoms with Gasteiger partial charge in [-0.3, -0.25) is 0 Å². The van der Waals surface area contributed by atoms with Gasteiger partial charge in [0, 0.05) is 6.61 Å². The van der Waals surface area contributed by atoms with Gasteiger partial charge < -0.3 is 9.26 Å².